The molecule has 24 heavy (non-hydrogen) atoms. The predicted molar refractivity (Wildman–Crippen MR) is 84.8 cm³/mol. The van der Waals surface area contributed by atoms with E-state index in [1.165, 1.54) is 9.80 Å². The monoisotopic (exact) mass is 338 g/mol. The largest absolute Gasteiger partial charge is 0.481 e. The van der Waals surface area contributed by atoms with Crippen LogP contribution in [0.1, 0.15) is 33.0 Å². The van der Waals surface area contributed by atoms with Gasteiger partial charge in [-0.15, -0.1) is 0 Å². The smallest absolute Gasteiger partial charge is 0.410 e. The first kappa shape index (κ1) is 17.8. The number of hydrogen-bond donors (Lipinski definition) is 1. The molecule has 0 radical (unpaired) electrons. The number of furan rings is 1. The van der Waals surface area contributed by atoms with Crippen molar-refractivity contribution in [3.8, 4) is 0 Å². The molecular weight excluding hydrogens is 316 g/mol. The van der Waals surface area contributed by atoms with Crippen LogP contribution in [0.25, 0.3) is 0 Å². The lowest BCUT2D eigenvalue weighted by Gasteiger charge is -2.34. The first-order chi connectivity index (χ1) is 11.2. The number of hydrogen-bond acceptors (Lipinski definition) is 5. The van der Waals surface area contributed by atoms with E-state index < -0.39 is 17.7 Å². The van der Waals surface area contributed by atoms with Gasteiger partial charge in [0, 0.05) is 25.6 Å². The van der Waals surface area contributed by atoms with Crippen molar-refractivity contribution in [2.45, 2.75) is 39.2 Å². The minimum Gasteiger partial charge on any atom is -0.481 e. The fraction of sp³-hybridized carbons (Fsp3) is 0.562. The molecule has 2 rings (SSSR count). The van der Waals surface area contributed by atoms with Crippen LogP contribution in [-0.2, 0) is 20.7 Å². The van der Waals surface area contributed by atoms with E-state index in [0.29, 0.717) is 24.7 Å². The van der Waals surface area contributed by atoms with Gasteiger partial charge in [0.15, 0.2) is 0 Å². The van der Waals surface area contributed by atoms with Gasteiger partial charge in [-0.2, -0.15) is 0 Å². The minimum absolute atomic E-state index is 0.0344. The SMILES string of the molecule is CC(C)(C)OC(=O)N1CCN(c2ccc(CCC(=O)O)o2)C(=O)C1. The van der Waals surface area contributed by atoms with Gasteiger partial charge in [-0.3, -0.25) is 19.4 Å². The van der Waals surface area contributed by atoms with Gasteiger partial charge in [0.1, 0.15) is 17.9 Å². The molecule has 0 aliphatic carbocycles. The molecule has 1 aliphatic heterocycles. The van der Waals surface area contributed by atoms with Crippen LogP contribution in [0, 0.1) is 0 Å². The highest BCUT2D eigenvalue weighted by molar-refractivity contribution is 5.96. The van der Waals surface area contributed by atoms with Crippen LogP contribution < -0.4 is 4.90 Å². The van der Waals surface area contributed by atoms with E-state index in [2.05, 4.69) is 0 Å². The van der Waals surface area contributed by atoms with Crippen LogP contribution in [0.15, 0.2) is 16.5 Å². The Bertz CT molecular complexity index is 631. The maximum Gasteiger partial charge on any atom is 0.410 e. The molecule has 0 spiro atoms. The molecule has 1 aliphatic rings. The van der Waals surface area contributed by atoms with E-state index in [1.807, 2.05) is 0 Å². The first-order valence-corrected chi connectivity index (χ1v) is 7.74. The zero-order valence-electron chi connectivity index (χ0n) is 14.1. The van der Waals surface area contributed by atoms with Crippen molar-refractivity contribution in [2.75, 3.05) is 24.5 Å². The zero-order valence-corrected chi connectivity index (χ0v) is 14.1. The van der Waals surface area contributed by atoms with Gasteiger partial charge in [0.05, 0.1) is 6.42 Å². The Balaban J connectivity index is 1.95. The van der Waals surface area contributed by atoms with E-state index in [1.54, 1.807) is 32.9 Å². The summed E-state index contributed by atoms with van der Waals surface area (Å²) < 4.78 is 10.8. The molecule has 1 saturated heterocycles. The Morgan fingerprint density at radius 3 is 2.58 bits per heavy atom. The highest BCUT2D eigenvalue weighted by atomic mass is 16.6. The van der Waals surface area contributed by atoms with E-state index in [-0.39, 0.29) is 25.3 Å². The molecule has 0 bridgehead atoms. The Hall–Kier alpha value is -2.51. The highest BCUT2D eigenvalue weighted by Gasteiger charge is 2.32. The number of carboxylic acids is 1. The summed E-state index contributed by atoms with van der Waals surface area (Å²) in [4.78, 5) is 37.7. The summed E-state index contributed by atoms with van der Waals surface area (Å²) >= 11 is 0. The maximum atomic E-state index is 12.3. The number of aliphatic carboxylic acids is 1. The summed E-state index contributed by atoms with van der Waals surface area (Å²) in [6.07, 6.45) is -0.286. The molecule has 8 heteroatoms. The second-order valence-electron chi connectivity index (χ2n) is 6.58. The van der Waals surface area contributed by atoms with Crippen LogP contribution in [-0.4, -0.2) is 53.2 Å². The van der Waals surface area contributed by atoms with Crippen LogP contribution in [0.4, 0.5) is 10.7 Å². The van der Waals surface area contributed by atoms with Gasteiger partial charge < -0.3 is 14.3 Å². The number of carboxylic acid groups (broad SMARTS) is 1. The number of aryl methyl sites for hydroxylation is 1. The minimum atomic E-state index is -0.907. The summed E-state index contributed by atoms with van der Waals surface area (Å²) in [5.74, 6) is -0.305. The lowest BCUT2D eigenvalue weighted by molar-refractivity contribution is -0.137. The standard InChI is InChI=1S/C16H22N2O6/c1-16(2,3)24-15(22)17-8-9-18(12(19)10-17)13-6-4-11(23-13)5-7-14(20)21/h4,6H,5,7-10H2,1-3H3,(H,20,21). The number of carbonyl (C=O) groups excluding carboxylic acids is 2. The molecule has 1 aromatic rings. The van der Waals surface area contributed by atoms with Crippen LogP contribution in [0.2, 0.25) is 0 Å². The van der Waals surface area contributed by atoms with Crippen molar-refractivity contribution in [1.29, 1.82) is 0 Å². The molecule has 1 fully saturated rings. The second kappa shape index (κ2) is 6.94. The lowest BCUT2D eigenvalue weighted by atomic mass is 10.2. The van der Waals surface area contributed by atoms with E-state index in [9.17, 15) is 14.4 Å². The normalized spacial score (nSPS) is 15.5. The van der Waals surface area contributed by atoms with E-state index in [0.717, 1.165) is 0 Å². The molecule has 1 N–H and O–H groups in total. The van der Waals surface area contributed by atoms with Gasteiger partial charge in [-0.1, -0.05) is 0 Å². The molecule has 2 amide bonds. The van der Waals surface area contributed by atoms with Gasteiger partial charge >= 0.3 is 12.1 Å². The third-order valence-electron chi connectivity index (χ3n) is 3.37. The predicted octanol–water partition coefficient (Wildman–Crippen LogP) is 1.88. The van der Waals surface area contributed by atoms with Crippen molar-refractivity contribution in [1.82, 2.24) is 4.90 Å². The van der Waals surface area contributed by atoms with E-state index in [4.69, 9.17) is 14.3 Å². The zero-order chi connectivity index (χ0) is 17.9. The number of ether oxygens (including phenoxy) is 1. The second-order valence-corrected chi connectivity index (χ2v) is 6.58. The van der Waals surface area contributed by atoms with Crippen LogP contribution in [0.3, 0.4) is 0 Å². The van der Waals surface area contributed by atoms with Crippen molar-refractivity contribution < 1.29 is 28.6 Å². The van der Waals surface area contributed by atoms with Crippen molar-refractivity contribution in [3.05, 3.63) is 17.9 Å². The molecule has 1 aromatic heterocycles. The third kappa shape index (κ3) is 4.74. The summed E-state index contributed by atoms with van der Waals surface area (Å²) in [6.45, 7) is 5.86. The summed E-state index contributed by atoms with van der Waals surface area (Å²) in [7, 11) is 0. The van der Waals surface area contributed by atoms with Crippen molar-refractivity contribution in [3.63, 3.8) is 0 Å². The number of carbonyl (C=O) groups is 3. The molecule has 132 valence electrons. The Morgan fingerprint density at radius 2 is 2.00 bits per heavy atom. The van der Waals surface area contributed by atoms with Crippen LogP contribution in [0.5, 0.6) is 0 Å². The first-order valence-electron chi connectivity index (χ1n) is 7.74. The Labute approximate surface area is 140 Å². The summed E-state index contributed by atoms with van der Waals surface area (Å²) in [6, 6.07) is 3.30. The highest BCUT2D eigenvalue weighted by Crippen LogP contribution is 2.22. The summed E-state index contributed by atoms with van der Waals surface area (Å²) in [5, 5.41) is 8.68. The fourth-order valence-electron chi connectivity index (χ4n) is 2.26. The van der Waals surface area contributed by atoms with Gasteiger partial charge in [0.25, 0.3) is 0 Å². The van der Waals surface area contributed by atoms with Crippen molar-refractivity contribution in [2.24, 2.45) is 0 Å². The fourth-order valence-corrected chi connectivity index (χ4v) is 2.26. The number of amides is 2. The molecule has 2 heterocycles. The average molecular weight is 338 g/mol. The number of anilines is 1. The Kier molecular flexibility index (Phi) is 5.16. The molecular formula is C16H22N2O6. The average Bonchev–Trinajstić information content (AvgIpc) is 2.91. The number of rotatable bonds is 4. The van der Waals surface area contributed by atoms with Crippen LogP contribution >= 0.6 is 0 Å². The van der Waals surface area contributed by atoms with Gasteiger partial charge in [-0.25, -0.2) is 4.79 Å². The topological polar surface area (TPSA) is 100 Å². The van der Waals surface area contributed by atoms with Gasteiger partial charge in [0.2, 0.25) is 11.8 Å². The number of nitrogens with zero attached hydrogens (tertiary/aromatic N) is 2. The van der Waals surface area contributed by atoms with Crippen molar-refractivity contribution >= 4 is 23.9 Å². The quantitative estimate of drug-likeness (QED) is 0.899. The number of piperazine rings is 1. The molecule has 0 aromatic carbocycles. The maximum absolute atomic E-state index is 12.3. The summed E-state index contributed by atoms with van der Waals surface area (Å²) in [5.41, 5.74) is -0.614. The molecule has 0 atom stereocenters. The van der Waals surface area contributed by atoms with Gasteiger partial charge in [-0.05, 0) is 26.8 Å². The molecule has 0 unspecified atom stereocenters. The molecule has 0 saturated carbocycles. The lowest BCUT2D eigenvalue weighted by Crippen LogP contribution is -2.53. The molecule has 8 nitrogen and oxygen atoms in total. The third-order valence-corrected chi connectivity index (χ3v) is 3.37. The Morgan fingerprint density at radius 1 is 1.29 bits per heavy atom. The van der Waals surface area contributed by atoms with E-state index >= 15 is 0 Å².